The van der Waals surface area contributed by atoms with Crippen molar-refractivity contribution in [3.8, 4) is 34.5 Å². The molecule has 0 radical (unpaired) electrons. The zero-order valence-corrected chi connectivity index (χ0v) is 37.3. The van der Waals surface area contributed by atoms with E-state index in [4.69, 9.17) is 9.47 Å². The number of phenols is 1. The molecule has 13 heteroatoms. The van der Waals surface area contributed by atoms with Crippen molar-refractivity contribution in [3.05, 3.63) is 96.1 Å². The molecule has 2 N–H and O–H groups in total. The minimum Gasteiger partial charge on any atom is -0.872 e. The maximum atomic E-state index is 12.1. The van der Waals surface area contributed by atoms with Crippen molar-refractivity contribution in [2.24, 2.45) is 0 Å². The Morgan fingerprint density at radius 2 is 0.912 bits per heavy atom. The average Bonchev–Trinajstić information content (AvgIpc) is 3.15. The van der Waals surface area contributed by atoms with E-state index in [0.29, 0.717) is 35.7 Å². The number of hydrogen-bond donors (Lipinski definition) is 2. The average molecular weight is 851 g/mol. The predicted molar refractivity (Wildman–Crippen MR) is 223 cm³/mol. The van der Waals surface area contributed by atoms with Crippen LogP contribution in [-0.2, 0) is 33.1 Å². The first-order chi connectivity index (χ1) is 26.8. The van der Waals surface area contributed by atoms with Gasteiger partial charge >= 0.3 is 37.7 Å². The Bertz CT molecular complexity index is 1810. The number of benzene rings is 4. The Balaban J connectivity index is 0.000000387. The van der Waals surface area contributed by atoms with Crippen molar-refractivity contribution in [3.63, 3.8) is 0 Å². The Kier molecular flexibility index (Phi) is 23.8. The Hall–Kier alpha value is -2.84. The second-order valence-corrected chi connectivity index (χ2v) is 16.8. The first-order valence-corrected chi connectivity index (χ1v) is 22.8. The van der Waals surface area contributed by atoms with E-state index in [1.165, 1.54) is 82.4 Å². The number of rotatable bonds is 24. The van der Waals surface area contributed by atoms with Crippen LogP contribution in [-0.4, -0.2) is 68.8 Å². The molecule has 0 spiro atoms. The number of para-hydroxylation sites is 2. The summed E-state index contributed by atoms with van der Waals surface area (Å²) in [4.78, 5) is -1.31. The van der Waals surface area contributed by atoms with Gasteiger partial charge in [-0.15, -0.1) is 0 Å². The molecule has 57 heavy (non-hydrogen) atoms. The van der Waals surface area contributed by atoms with Crippen molar-refractivity contribution >= 4 is 58.0 Å². The number of ether oxygens (including phenoxy) is 2. The first kappa shape index (κ1) is 50.3. The molecule has 308 valence electrons. The summed E-state index contributed by atoms with van der Waals surface area (Å²) in [5.74, 6) is 0.435. The van der Waals surface area contributed by atoms with E-state index in [-0.39, 0.29) is 43.5 Å². The standard InChI is InChI=1S/2C22H30O5S.Ca/c2*1-2-3-4-5-6-7-8-10-13-18-16-20(23)22(28(24,25)26)17-21(18)27-19-14-11-9-12-15-19;/h2*9,11-12,14-17,23H,2-8,10,13H2,1H3,(H,24,25,26);/q;;+2/p-2. The Morgan fingerprint density at radius 3 is 1.30 bits per heavy atom. The van der Waals surface area contributed by atoms with Gasteiger partial charge in [0.15, 0.2) is 0 Å². The summed E-state index contributed by atoms with van der Waals surface area (Å²) in [5, 5.41) is 22.1. The molecule has 0 atom stereocenters. The molecule has 0 aliphatic rings. The smallest absolute Gasteiger partial charge is 0.872 e. The third kappa shape index (κ3) is 19.2. The topological polar surface area (TPSA) is 173 Å². The second kappa shape index (κ2) is 27.0. The maximum absolute atomic E-state index is 12.1. The summed E-state index contributed by atoms with van der Waals surface area (Å²) in [7, 11) is -9.38. The van der Waals surface area contributed by atoms with Gasteiger partial charge in [0, 0.05) is 6.07 Å². The number of aryl methyl sites for hydroxylation is 2. The van der Waals surface area contributed by atoms with E-state index < -0.39 is 41.5 Å². The molecule has 0 heterocycles. The van der Waals surface area contributed by atoms with Crippen LogP contribution in [0, 0.1) is 0 Å². The van der Waals surface area contributed by atoms with Crippen LogP contribution in [0.2, 0.25) is 0 Å². The van der Waals surface area contributed by atoms with Crippen LogP contribution in [0.5, 0.6) is 34.5 Å². The molecule has 0 amide bonds. The van der Waals surface area contributed by atoms with Gasteiger partial charge in [-0.3, -0.25) is 4.55 Å². The van der Waals surface area contributed by atoms with Crippen molar-refractivity contribution in [2.75, 3.05) is 0 Å². The molecule has 0 fully saturated rings. The second-order valence-electron chi connectivity index (χ2n) is 14.0. The molecule has 0 aromatic heterocycles. The zero-order valence-electron chi connectivity index (χ0n) is 33.5. The van der Waals surface area contributed by atoms with Gasteiger partial charge < -0.3 is 24.2 Å². The van der Waals surface area contributed by atoms with E-state index in [0.717, 1.165) is 50.2 Å². The molecule has 4 rings (SSSR count). The molecule has 4 aromatic rings. The van der Waals surface area contributed by atoms with Gasteiger partial charge in [0.25, 0.3) is 10.1 Å². The monoisotopic (exact) mass is 850 g/mol. The quantitative estimate of drug-likeness (QED) is 0.0392. The van der Waals surface area contributed by atoms with Crippen LogP contribution in [0.1, 0.15) is 128 Å². The van der Waals surface area contributed by atoms with E-state index in [2.05, 4.69) is 13.8 Å². The van der Waals surface area contributed by atoms with Crippen LogP contribution in [0.4, 0.5) is 0 Å². The molecule has 0 aliphatic heterocycles. The fourth-order valence-electron chi connectivity index (χ4n) is 6.29. The van der Waals surface area contributed by atoms with Crippen molar-refractivity contribution in [1.82, 2.24) is 0 Å². The van der Waals surface area contributed by atoms with Gasteiger partial charge in [0.2, 0.25) is 0 Å². The number of aromatic hydroxyl groups is 1. The third-order valence-electron chi connectivity index (χ3n) is 9.36. The summed E-state index contributed by atoms with van der Waals surface area (Å²) in [6, 6.07) is 22.8. The van der Waals surface area contributed by atoms with Gasteiger partial charge in [0.1, 0.15) is 43.8 Å². The summed E-state index contributed by atoms with van der Waals surface area (Å²) in [5.41, 5.74) is 1.35. The zero-order chi connectivity index (χ0) is 40.8. The first-order valence-electron chi connectivity index (χ1n) is 19.9. The Morgan fingerprint density at radius 1 is 0.544 bits per heavy atom. The van der Waals surface area contributed by atoms with Crippen LogP contribution < -0.4 is 14.6 Å². The number of phenolic OH excluding ortho intramolecular Hbond substituents is 1. The fourth-order valence-corrected chi connectivity index (χ4v) is 7.42. The summed E-state index contributed by atoms with van der Waals surface area (Å²) in [6.07, 6.45) is 20.0. The molecular formula is C44H58CaO10S2. The summed E-state index contributed by atoms with van der Waals surface area (Å²) >= 11 is 0. The Labute approximate surface area is 370 Å². The molecule has 0 saturated carbocycles. The summed E-state index contributed by atoms with van der Waals surface area (Å²) < 4.78 is 78.1. The summed E-state index contributed by atoms with van der Waals surface area (Å²) in [6.45, 7) is 4.40. The third-order valence-corrected chi connectivity index (χ3v) is 11.1. The normalized spacial score (nSPS) is 11.3. The molecule has 0 unspecified atom stereocenters. The molecule has 0 aliphatic carbocycles. The molecule has 4 aromatic carbocycles. The van der Waals surface area contributed by atoms with E-state index in [1.807, 2.05) is 24.3 Å². The van der Waals surface area contributed by atoms with Gasteiger partial charge in [-0.05, 0) is 73.2 Å². The fraction of sp³-hybridized carbons (Fsp3) is 0.455. The van der Waals surface area contributed by atoms with Crippen molar-refractivity contribution in [1.29, 1.82) is 0 Å². The minimum absolute atomic E-state index is 0. The van der Waals surface area contributed by atoms with E-state index in [1.54, 1.807) is 36.4 Å². The largest absolute Gasteiger partial charge is 2.00 e. The minimum atomic E-state index is -4.85. The van der Waals surface area contributed by atoms with Crippen molar-refractivity contribution < 1.29 is 45.6 Å². The maximum Gasteiger partial charge on any atom is 2.00 e. The van der Waals surface area contributed by atoms with E-state index >= 15 is 0 Å². The SMILES string of the molecule is CCCCCCCCCCc1cc(O)c(S(=O)(=O)O)cc1Oc1ccccc1.CCCCCCCCCCc1cc([O-])c(S(=O)(=O)[O-])cc1Oc1ccccc1.[Ca+2]. The van der Waals surface area contributed by atoms with Gasteiger partial charge in [-0.1, -0.05) is 152 Å². The van der Waals surface area contributed by atoms with Gasteiger partial charge in [-0.25, -0.2) is 8.42 Å². The predicted octanol–water partition coefficient (Wildman–Crippen LogP) is 10.9. The van der Waals surface area contributed by atoms with E-state index in [9.17, 15) is 36.2 Å². The van der Waals surface area contributed by atoms with Gasteiger partial charge in [-0.2, -0.15) is 8.42 Å². The van der Waals surface area contributed by atoms with Crippen LogP contribution in [0.3, 0.4) is 0 Å². The van der Waals surface area contributed by atoms with Crippen molar-refractivity contribution in [2.45, 2.75) is 139 Å². The molecular weight excluding hydrogens is 793 g/mol. The number of hydrogen-bond acceptors (Lipinski definition) is 9. The van der Waals surface area contributed by atoms with Crippen LogP contribution in [0.15, 0.2) is 94.7 Å². The van der Waals surface area contributed by atoms with Crippen LogP contribution >= 0.6 is 0 Å². The number of unbranched alkanes of at least 4 members (excludes halogenated alkanes) is 14. The molecule has 10 nitrogen and oxygen atoms in total. The molecule has 0 bridgehead atoms. The molecule has 0 saturated heterocycles. The van der Waals surface area contributed by atoms with Crippen LogP contribution in [0.25, 0.3) is 0 Å². The van der Waals surface area contributed by atoms with Gasteiger partial charge in [0.05, 0.1) is 4.90 Å².